The number of benzene rings is 1. The maximum atomic E-state index is 13.9. The molecule has 0 atom stereocenters. The largest absolute Gasteiger partial charge is 0.338 e. The van der Waals surface area contributed by atoms with Crippen LogP contribution in [0.25, 0.3) is 10.1 Å². The standard InChI is InChI=1S/C19H19FN4OS/c20-15-2-1-3-16-14(15)10-17(26-16)19(25)23-8-6-12(7-9-23)18-22-21-11-24(18)13-4-5-13/h1-3,10-13H,4-9H2. The van der Waals surface area contributed by atoms with Gasteiger partial charge in [0.05, 0.1) is 4.88 Å². The predicted molar refractivity (Wildman–Crippen MR) is 98.0 cm³/mol. The number of rotatable bonds is 3. The van der Waals surface area contributed by atoms with Crippen LogP contribution in [-0.4, -0.2) is 38.7 Å². The zero-order chi connectivity index (χ0) is 17.7. The van der Waals surface area contributed by atoms with Crippen LogP contribution in [0, 0.1) is 5.82 Å². The van der Waals surface area contributed by atoms with Gasteiger partial charge in [0.1, 0.15) is 18.0 Å². The molecular weight excluding hydrogens is 351 g/mol. The van der Waals surface area contributed by atoms with Crippen LogP contribution < -0.4 is 0 Å². The summed E-state index contributed by atoms with van der Waals surface area (Å²) in [5.41, 5.74) is 0. The number of nitrogens with zero attached hydrogens (tertiary/aromatic N) is 4. The van der Waals surface area contributed by atoms with Crippen molar-refractivity contribution >= 4 is 27.3 Å². The van der Waals surface area contributed by atoms with E-state index in [1.165, 1.54) is 30.2 Å². The van der Waals surface area contributed by atoms with Crippen molar-refractivity contribution in [2.45, 2.75) is 37.6 Å². The van der Waals surface area contributed by atoms with Crippen LogP contribution >= 0.6 is 11.3 Å². The van der Waals surface area contributed by atoms with Gasteiger partial charge < -0.3 is 9.47 Å². The van der Waals surface area contributed by atoms with Crippen LogP contribution in [0.15, 0.2) is 30.6 Å². The fourth-order valence-corrected chi connectivity index (χ4v) is 4.85. The van der Waals surface area contributed by atoms with E-state index in [9.17, 15) is 9.18 Å². The second-order valence-corrected chi connectivity index (χ2v) is 8.24. The molecule has 7 heteroatoms. The van der Waals surface area contributed by atoms with E-state index in [0.717, 1.165) is 23.4 Å². The molecule has 0 unspecified atom stereocenters. The number of halogens is 1. The summed E-state index contributed by atoms with van der Waals surface area (Å²) < 4.78 is 16.9. The van der Waals surface area contributed by atoms with Gasteiger partial charge in [-0.25, -0.2) is 4.39 Å². The monoisotopic (exact) mass is 370 g/mol. The van der Waals surface area contributed by atoms with E-state index in [4.69, 9.17) is 0 Å². The number of hydrogen-bond donors (Lipinski definition) is 0. The smallest absolute Gasteiger partial charge is 0.263 e. The van der Waals surface area contributed by atoms with Gasteiger partial charge >= 0.3 is 0 Å². The normalized spacial score (nSPS) is 18.6. The number of piperidine rings is 1. The van der Waals surface area contributed by atoms with Gasteiger partial charge in [-0.2, -0.15) is 0 Å². The number of aromatic nitrogens is 3. The first kappa shape index (κ1) is 15.9. The molecule has 0 spiro atoms. The van der Waals surface area contributed by atoms with Crippen molar-refractivity contribution in [1.82, 2.24) is 19.7 Å². The van der Waals surface area contributed by atoms with Gasteiger partial charge in [0.25, 0.3) is 5.91 Å². The van der Waals surface area contributed by atoms with Gasteiger partial charge in [-0.1, -0.05) is 6.07 Å². The number of hydrogen-bond acceptors (Lipinski definition) is 4. The first-order chi connectivity index (χ1) is 12.7. The molecule has 3 aromatic rings. The SMILES string of the molecule is O=C(c1cc2c(F)cccc2s1)N1CCC(c2nncn2C2CC2)CC1. The van der Waals surface area contributed by atoms with Gasteiger partial charge in [-0.05, 0) is 43.9 Å². The van der Waals surface area contributed by atoms with Crippen molar-refractivity contribution in [3.8, 4) is 0 Å². The maximum Gasteiger partial charge on any atom is 0.263 e. The van der Waals surface area contributed by atoms with E-state index in [1.54, 1.807) is 12.1 Å². The Kier molecular flexibility index (Phi) is 3.77. The predicted octanol–water partition coefficient (Wildman–Crippen LogP) is 3.99. The molecule has 1 aliphatic carbocycles. The van der Waals surface area contributed by atoms with E-state index >= 15 is 0 Å². The molecule has 1 saturated carbocycles. The summed E-state index contributed by atoms with van der Waals surface area (Å²) in [6.07, 6.45) is 6.07. The molecule has 1 aliphatic heterocycles. The Balaban J connectivity index is 1.30. The molecular formula is C19H19FN4OS. The third-order valence-electron chi connectivity index (χ3n) is 5.41. The number of carbonyl (C=O) groups excluding carboxylic acids is 1. The minimum Gasteiger partial charge on any atom is -0.338 e. The Morgan fingerprint density at radius 1 is 1.19 bits per heavy atom. The summed E-state index contributed by atoms with van der Waals surface area (Å²) in [5.74, 6) is 1.18. The van der Waals surface area contributed by atoms with E-state index in [0.29, 0.717) is 35.3 Å². The fraction of sp³-hybridized carbons (Fsp3) is 0.421. The highest BCUT2D eigenvalue weighted by atomic mass is 32.1. The molecule has 1 amide bonds. The first-order valence-electron chi connectivity index (χ1n) is 9.07. The van der Waals surface area contributed by atoms with E-state index in [1.807, 2.05) is 17.3 Å². The van der Waals surface area contributed by atoms with Gasteiger partial charge in [-0.15, -0.1) is 21.5 Å². The molecule has 0 N–H and O–H groups in total. The molecule has 5 rings (SSSR count). The molecule has 5 nitrogen and oxygen atoms in total. The minimum atomic E-state index is -0.268. The summed E-state index contributed by atoms with van der Waals surface area (Å²) in [5, 5.41) is 8.96. The first-order valence-corrected chi connectivity index (χ1v) is 9.89. The number of amides is 1. The molecule has 0 radical (unpaired) electrons. The Hall–Kier alpha value is -2.28. The van der Waals surface area contributed by atoms with E-state index < -0.39 is 0 Å². The second-order valence-electron chi connectivity index (χ2n) is 7.16. The second kappa shape index (κ2) is 6.16. The topological polar surface area (TPSA) is 51.0 Å². The molecule has 134 valence electrons. The van der Waals surface area contributed by atoms with E-state index in [-0.39, 0.29) is 11.7 Å². The highest BCUT2D eigenvalue weighted by molar-refractivity contribution is 7.20. The van der Waals surface area contributed by atoms with Gasteiger partial charge in [0.2, 0.25) is 0 Å². The zero-order valence-corrected chi connectivity index (χ0v) is 15.1. The van der Waals surface area contributed by atoms with Crippen molar-refractivity contribution in [3.63, 3.8) is 0 Å². The van der Waals surface area contributed by atoms with Crippen molar-refractivity contribution < 1.29 is 9.18 Å². The molecule has 2 aromatic heterocycles. The quantitative estimate of drug-likeness (QED) is 0.701. The van der Waals surface area contributed by atoms with Crippen molar-refractivity contribution in [1.29, 1.82) is 0 Å². The molecule has 3 heterocycles. The number of carbonyl (C=O) groups is 1. The van der Waals surface area contributed by atoms with Crippen LogP contribution in [0.3, 0.4) is 0 Å². The zero-order valence-electron chi connectivity index (χ0n) is 14.3. The van der Waals surface area contributed by atoms with E-state index in [2.05, 4.69) is 14.8 Å². The average Bonchev–Trinajstić information content (AvgIpc) is 3.22. The summed E-state index contributed by atoms with van der Waals surface area (Å²) in [7, 11) is 0. The van der Waals surface area contributed by atoms with Crippen LogP contribution in [0.4, 0.5) is 4.39 Å². The third kappa shape index (κ3) is 2.70. The lowest BCUT2D eigenvalue weighted by Gasteiger charge is -2.31. The van der Waals surface area contributed by atoms with Crippen LogP contribution in [-0.2, 0) is 0 Å². The number of fused-ring (bicyclic) bond motifs is 1. The van der Waals surface area contributed by atoms with Crippen molar-refractivity contribution in [2.75, 3.05) is 13.1 Å². The number of likely N-dealkylation sites (tertiary alicyclic amines) is 1. The summed E-state index contributed by atoms with van der Waals surface area (Å²) in [4.78, 5) is 15.3. The van der Waals surface area contributed by atoms with Gasteiger partial charge in [-0.3, -0.25) is 4.79 Å². The van der Waals surface area contributed by atoms with Crippen LogP contribution in [0.1, 0.15) is 53.1 Å². The minimum absolute atomic E-state index is 0.00714. The summed E-state index contributed by atoms with van der Waals surface area (Å²) in [6.45, 7) is 1.41. The number of thiophene rings is 1. The molecule has 0 bridgehead atoms. The van der Waals surface area contributed by atoms with Crippen LogP contribution in [0.5, 0.6) is 0 Å². The molecule has 1 aromatic carbocycles. The molecule has 2 aliphatic rings. The lowest BCUT2D eigenvalue weighted by Crippen LogP contribution is -2.38. The molecule has 2 fully saturated rings. The summed E-state index contributed by atoms with van der Waals surface area (Å²) >= 11 is 1.37. The Morgan fingerprint density at radius 3 is 2.73 bits per heavy atom. The summed E-state index contributed by atoms with van der Waals surface area (Å²) in [6, 6.07) is 7.24. The van der Waals surface area contributed by atoms with Crippen molar-refractivity contribution in [3.05, 3.63) is 47.1 Å². The van der Waals surface area contributed by atoms with Gasteiger partial charge in [0, 0.05) is 35.1 Å². The lowest BCUT2D eigenvalue weighted by atomic mass is 9.95. The van der Waals surface area contributed by atoms with Gasteiger partial charge in [0.15, 0.2) is 0 Å². The molecule has 1 saturated heterocycles. The third-order valence-corrected chi connectivity index (χ3v) is 6.50. The highest BCUT2D eigenvalue weighted by Crippen LogP contribution is 2.38. The lowest BCUT2D eigenvalue weighted by molar-refractivity contribution is 0.0715. The average molecular weight is 370 g/mol. The Morgan fingerprint density at radius 2 is 2.00 bits per heavy atom. The highest BCUT2D eigenvalue weighted by Gasteiger charge is 2.32. The Bertz CT molecular complexity index is 969. The van der Waals surface area contributed by atoms with Crippen molar-refractivity contribution in [2.24, 2.45) is 0 Å². The Labute approximate surface area is 154 Å². The molecule has 26 heavy (non-hydrogen) atoms. The van der Waals surface area contributed by atoms with Crippen LogP contribution in [0.2, 0.25) is 0 Å². The fourth-order valence-electron chi connectivity index (χ4n) is 3.81. The maximum absolute atomic E-state index is 13.9.